The lowest BCUT2D eigenvalue weighted by molar-refractivity contribution is 0.313. The predicted molar refractivity (Wildman–Crippen MR) is 79.5 cm³/mol. The highest BCUT2D eigenvalue weighted by molar-refractivity contribution is 9.10. The molecule has 0 saturated carbocycles. The van der Waals surface area contributed by atoms with E-state index >= 15 is 0 Å². The summed E-state index contributed by atoms with van der Waals surface area (Å²) < 4.78 is 11.9. The second-order valence-corrected chi connectivity index (χ2v) is 5.32. The molecule has 2 rings (SSSR count). The summed E-state index contributed by atoms with van der Waals surface area (Å²) in [6, 6.07) is 6.05. The van der Waals surface area contributed by atoms with Crippen molar-refractivity contribution in [3.05, 3.63) is 51.9 Å². The minimum atomic E-state index is 0.651. The predicted octanol–water partition coefficient (Wildman–Crippen LogP) is 3.83. The Morgan fingerprint density at radius 1 is 1.26 bits per heavy atom. The van der Waals surface area contributed by atoms with Crippen molar-refractivity contribution in [2.24, 2.45) is 0 Å². The van der Waals surface area contributed by atoms with Gasteiger partial charge in [-0.15, -0.1) is 0 Å². The Balaban J connectivity index is 1.74. The van der Waals surface area contributed by atoms with Gasteiger partial charge in [0.1, 0.15) is 12.4 Å². The van der Waals surface area contributed by atoms with E-state index in [0.717, 1.165) is 28.9 Å². The second kappa shape index (κ2) is 6.78. The van der Waals surface area contributed by atoms with Crippen molar-refractivity contribution < 1.29 is 9.15 Å². The van der Waals surface area contributed by atoms with Crippen molar-refractivity contribution in [3.63, 3.8) is 0 Å². The highest BCUT2D eigenvalue weighted by Gasteiger charge is 2.03. The Morgan fingerprint density at radius 3 is 2.63 bits per heavy atom. The average Bonchev–Trinajstić information content (AvgIpc) is 2.88. The van der Waals surface area contributed by atoms with Crippen LogP contribution in [0.3, 0.4) is 0 Å². The number of hydrogen-bond acceptors (Lipinski definition) is 3. The third-order valence-electron chi connectivity index (χ3n) is 2.87. The van der Waals surface area contributed by atoms with Gasteiger partial charge in [0.15, 0.2) is 0 Å². The van der Waals surface area contributed by atoms with Crippen molar-refractivity contribution in [2.45, 2.75) is 20.4 Å². The fraction of sp³-hybridized carbons (Fsp3) is 0.333. The van der Waals surface area contributed by atoms with E-state index < -0.39 is 0 Å². The van der Waals surface area contributed by atoms with Crippen molar-refractivity contribution in [1.82, 2.24) is 5.32 Å². The topological polar surface area (TPSA) is 34.4 Å². The summed E-state index contributed by atoms with van der Waals surface area (Å²) >= 11 is 3.55. The standard InChI is InChI=1S/C15H18BrNO2/c1-11-7-14(8-12(2)15(11)16)19-6-4-17-9-13-3-5-18-10-13/h3,5,7-8,10,17H,4,6,9H2,1-2H3. The summed E-state index contributed by atoms with van der Waals surface area (Å²) in [5, 5.41) is 3.30. The SMILES string of the molecule is Cc1cc(OCCNCc2ccoc2)cc(C)c1Br. The molecule has 0 fully saturated rings. The Labute approximate surface area is 122 Å². The van der Waals surface area contributed by atoms with Crippen LogP contribution in [0.1, 0.15) is 16.7 Å². The van der Waals surface area contributed by atoms with Crippen molar-refractivity contribution in [1.29, 1.82) is 0 Å². The molecular weight excluding hydrogens is 306 g/mol. The molecule has 0 aliphatic heterocycles. The molecule has 0 spiro atoms. The zero-order chi connectivity index (χ0) is 13.7. The van der Waals surface area contributed by atoms with E-state index in [-0.39, 0.29) is 0 Å². The van der Waals surface area contributed by atoms with E-state index in [1.807, 2.05) is 18.2 Å². The molecule has 0 unspecified atom stereocenters. The zero-order valence-electron chi connectivity index (χ0n) is 11.2. The van der Waals surface area contributed by atoms with Crippen LogP contribution in [0.5, 0.6) is 5.75 Å². The second-order valence-electron chi connectivity index (χ2n) is 4.53. The lowest BCUT2D eigenvalue weighted by Gasteiger charge is -2.10. The molecule has 0 saturated heterocycles. The first kappa shape index (κ1) is 14.2. The smallest absolute Gasteiger partial charge is 0.119 e. The largest absolute Gasteiger partial charge is 0.492 e. The normalized spacial score (nSPS) is 10.7. The molecule has 1 heterocycles. The van der Waals surface area contributed by atoms with Gasteiger partial charge < -0.3 is 14.5 Å². The van der Waals surface area contributed by atoms with Crippen LogP contribution in [0, 0.1) is 13.8 Å². The Kier molecular flexibility index (Phi) is 5.05. The molecule has 102 valence electrons. The van der Waals surface area contributed by atoms with Gasteiger partial charge in [0.2, 0.25) is 0 Å². The van der Waals surface area contributed by atoms with Gasteiger partial charge in [-0.2, -0.15) is 0 Å². The monoisotopic (exact) mass is 323 g/mol. The van der Waals surface area contributed by atoms with Gasteiger partial charge in [-0.05, 0) is 43.2 Å². The van der Waals surface area contributed by atoms with Crippen LogP contribution in [-0.2, 0) is 6.54 Å². The van der Waals surface area contributed by atoms with Crippen LogP contribution >= 0.6 is 15.9 Å². The van der Waals surface area contributed by atoms with Gasteiger partial charge in [-0.1, -0.05) is 15.9 Å². The maximum absolute atomic E-state index is 5.74. The van der Waals surface area contributed by atoms with Crippen LogP contribution in [0.25, 0.3) is 0 Å². The lowest BCUT2D eigenvalue weighted by Crippen LogP contribution is -2.20. The Morgan fingerprint density at radius 2 is 2.00 bits per heavy atom. The maximum Gasteiger partial charge on any atom is 0.119 e. The molecule has 0 bridgehead atoms. The van der Waals surface area contributed by atoms with Crippen LogP contribution in [0.2, 0.25) is 0 Å². The molecule has 0 amide bonds. The van der Waals surface area contributed by atoms with Crippen LogP contribution in [-0.4, -0.2) is 13.2 Å². The third kappa shape index (κ3) is 4.11. The van der Waals surface area contributed by atoms with Crippen molar-refractivity contribution in [3.8, 4) is 5.75 Å². The number of aryl methyl sites for hydroxylation is 2. The molecule has 0 radical (unpaired) electrons. The number of furan rings is 1. The Hall–Kier alpha value is -1.26. The maximum atomic E-state index is 5.74. The summed E-state index contributed by atoms with van der Waals surface area (Å²) in [4.78, 5) is 0. The van der Waals surface area contributed by atoms with Crippen molar-refractivity contribution >= 4 is 15.9 Å². The minimum absolute atomic E-state index is 0.651. The fourth-order valence-corrected chi connectivity index (χ4v) is 2.09. The van der Waals surface area contributed by atoms with Gasteiger partial charge in [0.05, 0.1) is 12.5 Å². The van der Waals surface area contributed by atoms with Crippen molar-refractivity contribution in [2.75, 3.05) is 13.2 Å². The number of halogens is 1. The molecule has 1 aromatic carbocycles. The molecule has 3 nitrogen and oxygen atoms in total. The first-order valence-electron chi connectivity index (χ1n) is 6.28. The van der Waals surface area contributed by atoms with Gasteiger partial charge >= 0.3 is 0 Å². The van der Waals surface area contributed by atoms with Gasteiger partial charge in [-0.25, -0.2) is 0 Å². The first-order valence-corrected chi connectivity index (χ1v) is 7.07. The van der Waals surface area contributed by atoms with Gasteiger partial charge in [-0.3, -0.25) is 0 Å². The number of hydrogen-bond donors (Lipinski definition) is 1. The number of nitrogens with one attached hydrogen (secondary N) is 1. The van der Waals surface area contributed by atoms with E-state index in [2.05, 4.69) is 35.1 Å². The highest BCUT2D eigenvalue weighted by atomic mass is 79.9. The van der Waals surface area contributed by atoms with Crippen LogP contribution in [0.15, 0.2) is 39.6 Å². The molecular formula is C15H18BrNO2. The zero-order valence-corrected chi connectivity index (χ0v) is 12.8. The summed E-state index contributed by atoms with van der Waals surface area (Å²) in [7, 11) is 0. The number of rotatable bonds is 6. The lowest BCUT2D eigenvalue weighted by atomic mass is 10.1. The summed E-state index contributed by atoms with van der Waals surface area (Å²) in [6.45, 7) is 6.40. The van der Waals surface area contributed by atoms with E-state index in [1.165, 1.54) is 11.1 Å². The van der Waals surface area contributed by atoms with Crippen LogP contribution in [0.4, 0.5) is 0 Å². The third-order valence-corrected chi connectivity index (χ3v) is 4.12. The molecule has 0 aliphatic rings. The first-order chi connectivity index (χ1) is 9.16. The van der Waals surface area contributed by atoms with E-state index in [0.29, 0.717) is 6.61 Å². The van der Waals surface area contributed by atoms with Crippen LogP contribution < -0.4 is 10.1 Å². The molecule has 4 heteroatoms. The van der Waals surface area contributed by atoms with Gasteiger partial charge in [0, 0.05) is 23.1 Å². The summed E-state index contributed by atoms with van der Waals surface area (Å²) in [6.07, 6.45) is 3.43. The highest BCUT2D eigenvalue weighted by Crippen LogP contribution is 2.26. The molecule has 2 aromatic rings. The Bertz CT molecular complexity index is 500. The van der Waals surface area contributed by atoms with E-state index in [1.54, 1.807) is 12.5 Å². The molecule has 19 heavy (non-hydrogen) atoms. The average molecular weight is 324 g/mol. The minimum Gasteiger partial charge on any atom is -0.492 e. The molecule has 0 atom stereocenters. The molecule has 1 N–H and O–H groups in total. The summed E-state index contributed by atoms with van der Waals surface area (Å²) in [5.74, 6) is 0.920. The number of benzene rings is 1. The molecule has 0 aliphatic carbocycles. The number of ether oxygens (including phenoxy) is 1. The quantitative estimate of drug-likeness (QED) is 0.820. The van der Waals surface area contributed by atoms with E-state index in [4.69, 9.17) is 9.15 Å². The van der Waals surface area contributed by atoms with E-state index in [9.17, 15) is 0 Å². The summed E-state index contributed by atoms with van der Waals surface area (Å²) in [5.41, 5.74) is 3.54. The van der Waals surface area contributed by atoms with Gasteiger partial charge in [0.25, 0.3) is 0 Å². The fourth-order valence-electron chi connectivity index (χ4n) is 1.86. The molecule has 1 aromatic heterocycles.